The summed E-state index contributed by atoms with van der Waals surface area (Å²) in [5.41, 5.74) is 2.74. The molecule has 1 saturated heterocycles. The van der Waals surface area contributed by atoms with Crippen LogP contribution in [-0.2, 0) is 13.1 Å². The molecule has 0 radical (unpaired) electrons. The first kappa shape index (κ1) is 16.2. The van der Waals surface area contributed by atoms with Crippen molar-refractivity contribution >= 4 is 11.3 Å². The fourth-order valence-corrected chi connectivity index (χ4v) is 4.76. The average Bonchev–Trinajstić information content (AvgIpc) is 3.02. The maximum atomic E-state index is 13.7. The van der Waals surface area contributed by atoms with Crippen molar-refractivity contribution < 1.29 is 4.39 Å². The Labute approximate surface area is 146 Å². The van der Waals surface area contributed by atoms with Crippen LogP contribution in [0.1, 0.15) is 35.4 Å². The van der Waals surface area contributed by atoms with Gasteiger partial charge in [-0.3, -0.25) is 4.90 Å². The van der Waals surface area contributed by atoms with Gasteiger partial charge in [-0.2, -0.15) is 0 Å². The first-order valence-electron chi connectivity index (χ1n) is 8.74. The molecular formula is C19H24FN3S. The predicted octanol–water partition coefficient (Wildman–Crippen LogP) is 3.73. The van der Waals surface area contributed by atoms with E-state index in [0.29, 0.717) is 11.5 Å². The van der Waals surface area contributed by atoms with Crippen LogP contribution in [0.3, 0.4) is 0 Å². The van der Waals surface area contributed by atoms with E-state index in [9.17, 15) is 4.39 Å². The topological polar surface area (TPSA) is 28.2 Å². The lowest BCUT2D eigenvalue weighted by atomic mass is 9.93. The van der Waals surface area contributed by atoms with Crippen LogP contribution >= 0.6 is 11.3 Å². The molecular weight excluding hydrogens is 321 g/mol. The predicted molar refractivity (Wildman–Crippen MR) is 95.4 cm³/mol. The van der Waals surface area contributed by atoms with Gasteiger partial charge in [0.25, 0.3) is 0 Å². The van der Waals surface area contributed by atoms with Gasteiger partial charge in [-0.25, -0.2) is 9.37 Å². The van der Waals surface area contributed by atoms with Crippen molar-refractivity contribution in [3.8, 4) is 0 Å². The van der Waals surface area contributed by atoms with Gasteiger partial charge in [0.15, 0.2) is 0 Å². The third kappa shape index (κ3) is 3.25. The Hall–Kier alpha value is -1.30. The van der Waals surface area contributed by atoms with Crippen molar-refractivity contribution in [1.29, 1.82) is 0 Å². The van der Waals surface area contributed by atoms with Gasteiger partial charge in [-0.1, -0.05) is 6.07 Å². The monoisotopic (exact) mass is 345 g/mol. The van der Waals surface area contributed by atoms with Gasteiger partial charge in [-0.15, -0.1) is 11.3 Å². The SMILES string of the molecule is Cc1ccc(F)cc1CN(Cc1nccs1)C1CC12CCNCC2. The molecule has 0 bridgehead atoms. The molecule has 1 N–H and O–H groups in total. The summed E-state index contributed by atoms with van der Waals surface area (Å²) in [5.74, 6) is -0.142. The lowest BCUT2D eigenvalue weighted by molar-refractivity contribution is 0.187. The molecule has 1 aromatic heterocycles. The second-order valence-corrected chi connectivity index (χ2v) is 8.21. The Bertz CT molecular complexity index is 695. The van der Waals surface area contributed by atoms with Crippen LogP contribution in [0.15, 0.2) is 29.8 Å². The summed E-state index contributed by atoms with van der Waals surface area (Å²) < 4.78 is 13.7. The van der Waals surface area contributed by atoms with Crippen molar-refractivity contribution in [2.24, 2.45) is 5.41 Å². The van der Waals surface area contributed by atoms with Gasteiger partial charge >= 0.3 is 0 Å². The molecule has 1 atom stereocenters. The summed E-state index contributed by atoms with van der Waals surface area (Å²) in [6.07, 6.45) is 5.66. The molecule has 4 rings (SSSR count). The second-order valence-electron chi connectivity index (χ2n) is 7.23. The van der Waals surface area contributed by atoms with E-state index in [1.54, 1.807) is 23.5 Å². The van der Waals surface area contributed by atoms with Gasteiger partial charge < -0.3 is 5.32 Å². The van der Waals surface area contributed by atoms with E-state index < -0.39 is 0 Å². The van der Waals surface area contributed by atoms with E-state index in [1.165, 1.54) is 24.8 Å². The molecule has 2 fully saturated rings. The van der Waals surface area contributed by atoms with Gasteiger partial charge in [0.1, 0.15) is 10.8 Å². The summed E-state index contributed by atoms with van der Waals surface area (Å²) in [5, 5.41) is 6.66. The fraction of sp³-hybridized carbons (Fsp3) is 0.526. The van der Waals surface area contributed by atoms with E-state index in [-0.39, 0.29) is 5.82 Å². The molecule has 2 aliphatic rings. The first-order chi connectivity index (χ1) is 11.7. The molecule has 0 amide bonds. The quantitative estimate of drug-likeness (QED) is 0.895. The number of aryl methyl sites for hydroxylation is 1. The molecule has 5 heteroatoms. The Morgan fingerprint density at radius 1 is 1.33 bits per heavy atom. The zero-order valence-corrected chi connectivity index (χ0v) is 14.9. The van der Waals surface area contributed by atoms with Crippen LogP contribution < -0.4 is 5.32 Å². The summed E-state index contributed by atoms with van der Waals surface area (Å²) >= 11 is 1.71. The summed E-state index contributed by atoms with van der Waals surface area (Å²) in [6.45, 7) is 6.00. The van der Waals surface area contributed by atoms with Crippen LogP contribution in [0.2, 0.25) is 0 Å². The highest BCUT2D eigenvalue weighted by Crippen LogP contribution is 2.56. The molecule has 128 valence electrons. The number of hydrogen-bond donors (Lipinski definition) is 1. The number of thiazole rings is 1. The van der Waals surface area contributed by atoms with Gasteiger partial charge in [0, 0.05) is 24.2 Å². The molecule has 1 aliphatic carbocycles. The first-order valence-corrected chi connectivity index (χ1v) is 9.62. The van der Waals surface area contributed by atoms with Crippen LogP contribution in [0.25, 0.3) is 0 Å². The zero-order chi connectivity index (χ0) is 16.6. The zero-order valence-electron chi connectivity index (χ0n) is 14.1. The van der Waals surface area contributed by atoms with E-state index in [2.05, 4.69) is 22.1 Å². The standard InChI is InChI=1S/C19H24FN3S/c1-14-2-3-16(20)10-15(14)12-23(13-18-22-8-9-24-18)17-11-19(17)4-6-21-7-5-19/h2-3,8-10,17,21H,4-7,11-13H2,1H3. The minimum Gasteiger partial charge on any atom is -0.317 e. The molecule has 2 heterocycles. The number of rotatable bonds is 5. The number of nitrogens with zero attached hydrogens (tertiary/aromatic N) is 2. The number of hydrogen-bond acceptors (Lipinski definition) is 4. The number of nitrogens with one attached hydrogen (secondary N) is 1. The molecule has 3 nitrogen and oxygen atoms in total. The largest absolute Gasteiger partial charge is 0.317 e. The third-order valence-electron chi connectivity index (χ3n) is 5.69. The molecule has 1 aromatic carbocycles. The smallest absolute Gasteiger partial charge is 0.123 e. The van der Waals surface area contributed by atoms with Crippen molar-refractivity contribution in [2.75, 3.05) is 13.1 Å². The van der Waals surface area contributed by atoms with Crippen molar-refractivity contribution in [3.05, 3.63) is 51.7 Å². The Morgan fingerprint density at radius 2 is 2.17 bits per heavy atom. The molecule has 1 spiro atoms. The van der Waals surface area contributed by atoms with Crippen molar-refractivity contribution in [3.63, 3.8) is 0 Å². The van der Waals surface area contributed by atoms with Gasteiger partial charge in [-0.05, 0) is 68.0 Å². The maximum absolute atomic E-state index is 13.7. The number of benzene rings is 1. The minimum absolute atomic E-state index is 0.142. The highest BCUT2D eigenvalue weighted by molar-refractivity contribution is 7.09. The van der Waals surface area contributed by atoms with Crippen LogP contribution in [0.4, 0.5) is 4.39 Å². The van der Waals surface area contributed by atoms with E-state index >= 15 is 0 Å². The Kier molecular flexibility index (Phi) is 4.41. The molecule has 2 aromatic rings. The second kappa shape index (κ2) is 6.54. The summed E-state index contributed by atoms with van der Waals surface area (Å²) in [4.78, 5) is 7.01. The molecule has 1 saturated carbocycles. The van der Waals surface area contributed by atoms with E-state index in [0.717, 1.165) is 36.8 Å². The van der Waals surface area contributed by atoms with Gasteiger partial charge in [0.2, 0.25) is 0 Å². The van der Waals surface area contributed by atoms with E-state index in [1.807, 2.05) is 17.6 Å². The normalized spacial score (nSPS) is 22.2. The van der Waals surface area contributed by atoms with Crippen molar-refractivity contribution in [2.45, 2.75) is 45.3 Å². The Balaban J connectivity index is 1.55. The van der Waals surface area contributed by atoms with Crippen LogP contribution in [0, 0.1) is 18.2 Å². The van der Waals surface area contributed by atoms with E-state index in [4.69, 9.17) is 0 Å². The molecule has 1 aliphatic heterocycles. The van der Waals surface area contributed by atoms with Crippen LogP contribution in [-0.4, -0.2) is 29.0 Å². The highest BCUT2D eigenvalue weighted by Gasteiger charge is 2.56. The maximum Gasteiger partial charge on any atom is 0.123 e. The molecule has 24 heavy (non-hydrogen) atoms. The van der Waals surface area contributed by atoms with Crippen LogP contribution in [0.5, 0.6) is 0 Å². The molecule has 1 unspecified atom stereocenters. The summed E-state index contributed by atoms with van der Waals surface area (Å²) in [6, 6.07) is 5.74. The number of halogens is 1. The lowest BCUT2D eigenvalue weighted by Crippen LogP contribution is -2.35. The summed E-state index contributed by atoms with van der Waals surface area (Å²) in [7, 11) is 0. The number of piperidine rings is 1. The third-order valence-corrected chi connectivity index (χ3v) is 6.46. The van der Waals surface area contributed by atoms with Crippen molar-refractivity contribution in [1.82, 2.24) is 15.2 Å². The average molecular weight is 345 g/mol. The Morgan fingerprint density at radius 3 is 2.92 bits per heavy atom. The number of aromatic nitrogens is 1. The lowest BCUT2D eigenvalue weighted by Gasteiger charge is -2.29. The highest BCUT2D eigenvalue weighted by atomic mass is 32.1. The minimum atomic E-state index is -0.142. The van der Waals surface area contributed by atoms with Gasteiger partial charge in [0.05, 0.1) is 6.54 Å². The fourth-order valence-electron chi connectivity index (χ4n) is 4.11.